The molecule has 2 heterocycles. The lowest BCUT2D eigenvalue weighted by atomic mass is 10.2. The molecule has 0 atom stereocenters. The Morgan fingerprint density at radius 1 is 1.19 bits per heavy atom. The summed E-state index contributed by atoms with van der Waals surface area (Å²) in [4.78, 5) is 22.2. The molecule has 11 heteroatoms. The first-order chi connectivity index (χ1) is 17.5. The number of aromatic nitrogens is 2. The van der Waals surface area contributed by atoms with Crippen molar-refractivity contribution in [2.75, 3.05) is 55.7 Å². The van der Waals surface area contributed by atoms with Crippen LogP contribution in [0.5, 0.6) is 11.5 Å². The van der Waals surface area contributed by atoms with Crippen LogP contribution in [0.15, 0.2) is 53.8 Å². The van der Waals surface area contributed by atoms with Crippen molar-refractivity contribution < 1.29 is 23.4 Å². The van der Waals surface area contributed by atoms with Crippen LogP contribution in [0.4, 0.5) is 21.8 Å². The molecule has 0 radical (unpaired) electrons. The number of carbonyl (C=O) groups is 1. The zero-order valence-electron chi connectivity index (χ0n) is 20.0. The van der Waals surface area contributed by atoms with Gasteiger partial charge in [0.05, 0.1) is 32.7 Å². The molecule has 2 N–H and O–H groups in total. The van der Waals surface area contributed by atoms with E-state index in [1.807, 2.05) is 31.2 Å². The summed E-state index contributed by atoms with van der Waals surface area (Å²) in [6.45, 7) is 3.95. The smallest absolute Gasteiger partial charge is 0.262 e. The summed E-state index contributed by atoms with van der Waals surface area (Å²) in [5.74, 6) is 0.445. The number of amides is 1. The number of methoxy groups -OCH3 is 1. The van der Waals surface area contributed by atoms with Crippen LogP contribution in [0.1, 0.15) is 11.1 Å². The molecule has 2 aromatic carbocycles. The highest BCUT2D eigenvalue weighted by molar-refractivity contribution is 5.92. The largest absolute Gasteiger partial charge is 0.493 e. The van der Waals surface area contributed by atoms with E-state index in [1.165, 1.54) is 13.3 Å². The number of morpholine rings is 1. The highest BCUT2D eigenvalue weighted by atomic mass is 19.1. The predicted molar refractivity (Wildman–Crippen MR) is 135 cm³/mol. The number of carbonyl (C=O) groups excluding carboxylic acids is 1. The Balaban J connectivity index is 1.34. The summed E-state index contributed by atoms with van der Waals surface area (Å²) in [5, 5.41) is 6.92. The lowest BCUT2D eigenvalue weighted by Crippen LogP contribution is -2.37. The number of hydrazone groups is 1. The van der Waals surface area contributed by atoms with Crippen molar-refractivity contribution >= 4 is 29.6 Å². The molecule has 1 aliphatic rings. The van der Waals surface area contributed by atoms with Crippen molar-refractivity contribution in [2.24, 2.45) is 5.10 Å². The molecule has 0 bridgehead atoms. The van der Waals surface area contributed by atoms with Gasteiger partial charge in [0.2, 0.25) is 5.95 Å². The van der Waals surface area contributed by atoms with Gasteiger partial charge in [0.15, 0.2) is 29.7 Å². The van der Waals surface area contributed by atoms with Crippen molar-refractivity contribution in [3.63, 3.8) is 0 Å². The van der Waals surface area contributed by atoms with E-state index in [0.29, 0.717) is 49.1 Å². The first kappa shape index (κ1) is 24.9. The van der Waals surface area contributed by atoms with Crippen molar-refractivity contribution in [3.05, 3.63) is 65.6 Å². The fourth-order valence-corrected chi connectivity index (χ4v) is 3.43. The molecule has 1 saturated heterocycles. The number of anilines is 3. The van der Waals surface area contributed by atoms with E-state index in [1.54, 1.807) is 23.1 Å². The number of benzene rings is 2. The molecule has 4 rings (SSSR count). The molecule has 0 unspecified atom stereocenters. The third kappa shape index (κ3) is 6.66. The van der Waals surface area contributed by atoms with Gasteiger partial charge in [-0.2, -0.15) is 10.1 Å². The Morgan fingerprint density at radius 2 is 1.97 bits per heavy atom. The molecule has 1 amide bonds. The minimum absolute atomic E-state index is 0.167. The number of aryl methyl sites for hydroxylation is 1. The molecular weight excluding hydrogens is 467 g/mol. The molecule has 0 spiro atoms. The first-order valence-corrected chi connectivity index (χ1v) is 11.3. The molecule has 0 saturated carbocycles. The maximum absolute atomic E-state index is 14.2. The zero-order valence-corrected chi connectivity index (χ0v) is 20.0. The Labute approximate surface area is 208 Å². The van der Waals surface area contributed by atoms with Gasteiger partial charge < -0.3 is 24.4 Å². The lowest BCUT2D eigenvalue weighted by molar-refractivity contribution is -0.118. The molecule has 36 heavy (non-hydrogen) atoms. The van der Waals surface area contributed by atoms with Crippen LogP contribution in [-0.2, 0) is 9.53 Å². The van der Waals surface area contributed by atoms with E-state index in [0.717, 1.165) is 11.8 Å². The van der Waals surface area contributed by atoms with Crippen LogP contribution >= 0.6 is 0 Å². The van der Waals surface area contributed by atoms with Crippen LogP contribution < -0.4 is 25.1 Å². The quantitative estimate of drug-likeness (QED) is 0.345. The minimum atomic E-state index is -0.501. The highest BCUT2D eigenvalue weighted by Gasteiger charge is 2.17. The average molecular weight is 495 g/mol. The number of hydrogen-bond donors (Lipinski definition) is 2. The van der Waals surface area contributed by atoms with Crippen LogP contribution in [-0.4, -0.2) is 62.1 Å². The number of nitrogens with zero attached hydrogens (tertiary/aromatic N) is 4. The fraction of sp³-hybridized carbons (Fsp3) is 0.280. The Morgan fingerprint density at radius 3 is 2.72 bits per heavy atom. The Bertz CT molecular complexity index is 1220. The Hall–Kier alpha value is -4.25. The van der Waals surface area contributed by atoms with E-state index in [4.69, 9.17) is 14.2 Å². The summed E-state index contributed by atoms with van der Waals surface area (Å²) < 4.78 is 30.5. The van der Waals surface area contributed by atoms with Crippen LogP contribution in [0.3, 0.4) is 0 Å². The van der Waals surface area contributed by atoms with Gasteiger partial charge in [0, 0.05) is 18.8 Å². The number of nitrogens with one attached hydrogen (secondary N) is 2. The summed E-state index contributed by atoms with van der Waals surface area (Å²) in [6, 6.07) is 12.6. The van der Waals surface area contributed by atoms with Gasteiger partial charge in [-0.3, -0.25) is 4.79 Å². The van der Waals surface area contributed by atoms with Gasteiger partial charge in [-0.1, -0.05) is 17.7 Å². The second-order valence-electron chi connectivity index (χ2n) is 7.95. The SMILES string of the molecule is COc1cc(/C=N/Nc2ncc(F)c(N3CCOCC3)n2)ccc1OCC(=O)Nc1ccc(C)cc1. The highest BCUT2D eigenvalue weighted by Crippen LogP contribution is 2.27. The molecule has 1 aromatic heterocycles. The van der Waals surface area contributed by atoms with E-state index in [-0.39, 0.29) is 24.3 Å². The number of rotatable bonds is 9. The van der Waals surface area contributed by atoms with Gasteiger partial charge in [0.25, 0.3) is 5.91 Å². The molecule has 0 aliphatic carbocycles. The first-order valence-electron chi connectivity index (χ1n) is 11.3. The van der Waals surface area contributed by atoms with Crippen LogP contribution in [0, 0.1) is 12.7 Å². The third-order valence-corrected chi connectivity index (χ3v) is 5.30. The minimum Gasteiger partial charge on any atom is -0.493 e. The normalized spacial score (nSPS) is 13.5. The van der Waals surface area contributed by atoms with E-state index >= 15 is 0 Å². The van der Waals surface area contributed by atoms with Crippen molar-refractivity contribution in [1.29, 1.82) is 0 Å². The van der Waals surface area contributed by atoms with Gasteiger partial charge >= 0.3 is 0 Å². The van der Waals surface area contributed by atoms with Gasteiger partial charge in [-0.25, -0.2) is 14.8 Å². The van der Waals surface area contributed by atoms with E-state index < -0.39 is 5.82 Å². The monoisotopic (exact) mass is 494 g/mol. The van der Waals surface area contributed by atoms with Gasteiger partial charge in [-0.05, 0) is 42.8 Å². The zero-order chi connectivity index (χ0) is 25.3. The second kappa shape index (κ2) is 11.9. The topological polar surface area (TPSA) is 110 Å². The molecule has 1 aliphatic heterocycles. The molecule has 3 aromatic rings. The summed E-state index contributed by atoms with van der Waals surface area (Å²) in [6.07, 6.45) is 2.65. The van der Waals surface area contributed by atoms with E-state index in [2.05, 4.69) is 25.8 Å². The maximum atomic E-state index is 14.2. The predicted octanol–water partition coefficient (Wildman–Crippen LogP) is 3.23. The number of hydrogen-bond acceptors (Lipinski definition) is 9. The fourth-order valence-electron chi connectivity index (χ4n) is 3.43. The molecule has 188 valence electrons. The summed E-state index contributed by atoms with van der Waals surface area (Å²) >= 11 is 0. The average Bonchev–Trinajstić information content (AvgIpc) is 2.90. The molecule has 10 nitrogen and oxygen atoms in total. The van der Waals surface area contributed by atoms with Crippen molar-refractivity contribution in [1.82, 2.24) is 9.97 Å². The molecule has 1 fully saturated rings. The molecular formula is C25H27FN6O4. The third-order valence-electron chi connectivity index (χ3n) is 5.30. The standard InChI is InChI=1S/C25H27FN6O4/c1-17-3-6-19(7-4-17)29-23(33)16-36-21-8-5-18(13-22(21)34-2)14-28-31-25-27-15-20(26)24(30-25)32-9-11-35-12-10-32/h3-8,13-15H,9-12,16H2,1-2H3,(H,29,33)(H,27,30,31)/b28-14+. The van der Waals surface area contributed by atoms with Crippen molar-refractivity contribution in [2.45, 2.75) is 6.92 Å². The summed E-state index contributed by atoms with van der Waals surface area (Å²) in [5.41, 5.74) is 5.22. The lowest BCUT2D eigenvalue weighted by Gasteiger charge is -2.27. The second-order valence-corrected chi connectivity index (χ2v) is 7.95. The van der Waals surface area contributed by atoms with Crippen molar-refractivity contribution in [3.8, 4) is 11.5 Å². The van der Waals surface area contributed by atoms with Crippen LogP contribution in [0.25, 0.3) is 0 Å². The van der Waals surface area contributed by atoms with Crippen LogP contribution in [0.2, 0.25) is 0 Å². The van der Waals surface area contributed by atoms with Gasteiger partial charge in [-0.15, -0.1) is 0 Å². The van der Waals surface area contributed by atoms with Gasteiger partial charge in [0.1, 0.15) is 0 Å². The number of halogens is 1. The number of ether oxygens (including phenoxy) is 3. The van der Waals surface area contributed by atoms with E-state index in [9.17, 15) is 9.18 Å². The maximum Gasteiger partial charge on any atom is 0.262 e. The Kier molecular flexibility index (Phi) is 8.24. The summed E-state index contributed by atoms with van der Waals surface area (Å²) in [7, 11) is 1.51.